The number of aromatic amines is 1. The van der Waals surface area contributed by atoms with Gasteiger partial charge < -0.3 is 23.9 Å². The number of nitrogens with one attached hydrogen (secondary N) is 1. The first kappa shape index (κ1) is 22.4. The van der Waals surface area contributed by atoms with Gasteiger partial charge in [-0.05, 0) is 65.9 Å². The number of carbonyl (C=O) groups is 2. The average molecular weight is 507 g/mol. The second kappa shape index (κ2) is 8.34. The monoisotopic (exact) mass is 507 g/mol. The molecule has 0 spiro atoms. The molecule has 3 aliphatic heterocycles. The summed E-state index contributed by atoms with van der Waals surface area (Å²) < 4.78 is 22.9. The zero-order valence-corrected chi connectivity index (χ0v) is 20.3. The number of benzene rings is 3. The van der Waals surface area contributed by atoms with Crippen LogP contribution in [0, 0.1) is 6.92 Å². The van der Waals surface area contributed by atoms with Crippen LogP contribution in [-0.2, 0) is 4.79 Å². The maximum absolute atomic E-state index is 13.3. The Labute approximate surface area is 216 Å². The Morgan fingerprint density at radius 1 is 0.868 bits per heavy atom. The highest BCUT2D eigenvalue weighted by molar-refractivity contribution is 6.15. The summed E-state index contributed by atoms with van der Waals surface area (Å²) in [5, 5.41) is 0.842. The molecule has 0 saturated heterocycles. The minimum absolute atomic E-state index is 0.0529. The number of ketones is 1. The van der Waals surface area contributed by atoms with Crippen molar-refractivity contribution in [2.45, 2.75) is 19.3 Å². The molecule has 0 saturated carbocycles. The zero-order valence-electron chi connectivity index (χ0n) is 20.3. The van der Waals surface area contributed by atoms with Crippen molar-refractivity contribution < 1.29 is 28.5 Å². The van der Waals surface area contributed by atoms with Crippen LogP contribution < -0.4 is 24.5 Å². The Balaban J connectivity index is 1.33. The molecule has 1 aromatic heterocycles. The number of hydrogen-bond acceptors (Lipinski definition) is 7. The standard InChI is InChI=1S/C30H21NO7/c1-15-2-4-17-13-20(30(34)31-21(17)10-15)19-14-26(32)37-23-7-5-18-28(33)25(38-29(18)27(19)23)12-16-3-6-22-24(11-16)36-9-8-35-22/h2-7,10-13,19H,8-9,14H2,1H3,(H,31,34). The molecule has 3 aromatic carbocycles. The molecule has 38 heavy (non-hydrogen) atoms. The second-order valence-electron chi connectivity index (χ2n) is 9.57. The fourth-order valence-corrected chi connectivity index (χ4v) is 5.26. The maximum atomic E-state index is 13.3. The molecule has 4 aromatic rings. The van der Waals surface area contributed by atoms with Gasteiger partial charge in [-0.25, -0.2) is 0 Å². The highest BCUT2D eigenvalue weighted by Crippen LogP contribution is 2.48. The first-order chi connectivity index (χ1) is 18.4. The number of aryl methyl sites for hydroxylation is 1. The highest BCUT2D eigenvalue weighted by Gasteiger charge is 2.39. The van der Waals surface area contributed by atoms with Crippen LogP contribution in [0.15, 0.2) is 65.2 Å². The van der Waals surface area contributed by atoms with E-state index in [-0.39, 0.29) is 29.3 Å². The van der Waals surface area contributed by atoms with Crippen LogP contribution in [0.2, 0.25) is 0 Å². The van der Waals surface area contributed by atoms with Gasteiger partial charge in [-0.15, -0.1) is 0 Å². The Hall–Kier alpha value is -4.85. The molecular weight excluding hydrogens is 486 g/mol. The van der Waals surface area contributed by atoms with Crippen molar-refractivity contribution in [1.29, 1.82) is 0 Å². The number of pyridine rings is 1. The number of rotatable bonds is 2. The maximum Gasteiger partial charge on any atom is 0.312 e. The van der Waals surface area contributed by atoms with E-state index in [0.717, 1.165) is 10.9 Å². The van der Waals surface area contributed by atoms with Gasteiger partial charge in [0.05, 0.1) is 12.0 Å². The smallest absolute Gasteiger partial charge is 0.312 e. The Morgan fingerprint density at radius 2 is 1.68 bits per heavy atom. The van der Waals surface area contributed by atoms with Crippen molar-refractivity contribution >= 4 is 28.7 Å². The SMILES string of the molecule is Cc1ccc2cc(C3CC(=O)Oc4ccc5c(c43)OC(=Cc3ccc4c(c3)OCCO4)C5=O)c(=O)[nH]c2c1. The summed E-state index contributed by atoms with van der Waals surface area (Å²) in [6.07, 6.45) is 1.59. The minimum Gasteiger partial charge on any atom is -0.486 e. The second-order valence-corrected chi connectivity index (χ2v) is 9.57. The van der Waals surface area contributed by atoms with Crippen molar-refractivity contribution in [3.8, 4) is 23.0 Å². The summed E-state index contributed by atoms with van der Waals surface area (Å²) in [5.41, 5.74) is 3.42. The van der Waals surface area contributed by atoms with E-state index in [4.69, 9.17) is 18.9 Å². The molecule has 0 bridgehead atoms. The van der Waals surface area contributed by atoms with Gasteiger partial charge in [0.15, 0.2) is 17.3 Å². The summed E-state index contributed by atoms with van der Waals surface area (Å²) in [7, 11) is 0. The third kappa shape index (κ3) is 3.56. The molecule has 188 valence electrons. The normalized spacial score (nSPS) is 18.7. The van der Waals surface area contributed by atoms with Crippen LogP contribution >= 0.6 is 0 Å². The van der Waals surface area contributed by atoms with Gasteiger partial charge in [-0.1, -0.05) is 18.2 Å². The number of esters is 1. The quantitative estimate of drug-likeness (QED) is 0.239. The summed E-state index contributed by atoms with van der Waals surface area (Å²) >= 11 is 0. The number of Topliss-reactive ketones (excluding diaryl/α,β-unsaturated/α-hetero) is 1. The minimum atomic E-state index is -0.642. The molecule has 0 radical (unpaired) electrons. The zero-order chi connectivity index (χ0) is 26.0. The van der Waals surface area contributed by atoms with Gasteiger partial charge >= 0.3 is 5.97 Å². The molecule has 8 heteroatoms. The Kier molecular flexibility index (Phi) is 4.91. The molecule has 7 rings (SSSR count). The molecule has 4 heterocycles. The Morgan fingerprint density at radius 3 is 2.55 bits per heavy atom. The fraction of sp³-hybridized carbons (Fsp3) is 0.167. The lowest BCUT2D eigenvalue weighted by molar-refractivity contribution is -0.135. The topological polar surface area (TPSA) is 104 Å². The third-order valence-electron chi connectivity index (χ3n) is 7.05. The van der Waals surface area contributed by atoms with Crippen LogP contribution in [0.4, 0.5) is 0 Å². The number of fused-ring (bicyclic) bond motifs is 5. The van der Waals surface area contributed by atoms with Crippen LogP contribution in [0.25, 0.3) is 17.0 Å². The number of aromatic nitrogens is 1. The third-order valence-corrected chi connectivity index (χ3v) is 7.05. The lowest BCUT2D eigenvalue weighted by Gasteiger charge is -2.26. The van der Waals surface area contributed by atoms with E-state index in [1.165, 1.54) is 0 Å². The predicted molar refractivity (Wildman–Crippen MR) is 138 cm³/mol. The fourth-order valence-electron chi connectivity index (χ4n) is 5.26. The Bertz CT molecular complexity index is 1780. The molecular formula is C30H21NO7. The van der Waals surface area contributed by atoms with Crippen molar-refractivity contribution in [1.82, 2.24) is 4.98 Å². The average Bonchev–Trinajstić information content (AvgIpc) is 3.22. The van der Waals surface area contributed by atoms with E-state index in [2.05, 4.69) is 4.98 Å². The first-order valence-corrected chi connectivity index (χ1v) is 12.3. The van der Waals surface area contributed by atoms with E-state index in [0.29, 0.717) is 58.2 Å². The van der Waals surface area contributed by atoms with Gasteiger partial charge in [-0.3, -0.25) is 14.4 Å². The van der Waals surface area contributed by atoms with Gasteiger partial charge in [0.1, 0.15) is 24.7 Å². The van der Waals surface area contributed by atoms with Crippen molar-refractivity contribution in [2.75, 3.05) is 13.2 Å². The molecule has 3 aliphatic rings. The summed E-state index contributed by atoms with van der Waals surface area (Å²) in [6, 6.07) is 16.2. The van der Waals surface area contributed by atoms with Crippen molar-refractivity contribution in [3.63, 3.8) is 0 Å². The summed E-state index contributed by atoms with van der Waals surface area (Å²) in [6.45, 7) is 2.89. The number of hydrogen-bond donors (Lipinski definition) is 1. The highest BCUT2D eigenvalue weighted by atomic mass is 16.6. The number of allylic oxidation sites excluding steroid dienone is 1. The van der Waals surface area contributed by atoms with Gasteiger partial charge in [0, 0.05) is 22.6 Å². The lowest BCUT2D eigenvalue weighted by atomic mass is 9.84. The van der Waals surface area contributed by atoms with Crippen molar-refractivity contribution in [2.24, 2.45) is 0 Å². The van der Waals surface area contributed by atoms with Gasteiger partial charge in [0.2, 0.25) is 5.78 Å². The van der Waals surface area contributed by atoms with E-state index < -0.39 is 11.9 Å². The van der Waals surface area contributed by atoms with Crippen LogP contribution in [0.5, 0.6) is 23.0 Å². The molecule has 1 N–H and O–H groups in total. The largest absolute Gasteiger partial charge is 0.486 e. The lowest BCUT2D eigenvalue weighted by Crippen LogP contribution is -2.26. The van der Waals surface area contributed by atoms with Gasteiger partial charge in [-0.2, -0.15) is 0 Å². The molecule has 1 unspecified atom stereocenters. The van der Waals surface area contributed by atoms with Crippen LogP contribution in [-0.4, -0.2) is 30.0 Å². The molecule has 0 amide bonds. The summed E-state index contributed by atoms with van der Waals surface area (Å²) in [4.78, 5) is 42.0. The predicted octanol–water partition coefficient (Wildman–Crippen LogP) is 4.66. The number of carbonyl (C=O) groups excluding carboxylic acids is 2. The van der Waals surface area contributed by atoms with E-state index >= 15 is 0 Å². The molecule has 1 atom stereocenters. The first-order valence-electron chi connectivity index (χ1n) is 12.3. The van der Waals surface area contributed by atoms with E-state index in [9.17, 15) is 14.4 Å². The molecule has 8 nitrogen and oxygen atoms in total. The van der Waals surface area contributed by atoms with E-state index in [1.807, 2.05) is 31.2 Å². The van der Waals surface area contributed by atoms with E-state index in [1.54, 1.807) is 36.4 Å². The number of H-pyrrole nitrogens is 1. The van der Waals surface area contributed by atoms with Gasteiger partial charge in [0.25, 0.3) is 5.56 Å². The molecule has 0 fully saturated rings. The van der Waals surface area contributed by atoms with Crippen LogP contribution in [0.1, 0.15) is 45.0 Å². The molecule has 0 aliphatic carbocycles. The van der Waals surface area contributed by atoms with Crippen molar-refractivity contribution in [3.05, 3.63) is 98.5 Å². The summed E-state index contributed by atoms with van der Waals surface area (Å²) in [5.74, 6) is 0.566. The number of ether oxygens (including phenoxy) is 4. The van der Waals surface area contributed by atoms with Crippen LogP contribution in [0.3, 0.4) is 0 Å².